The fourth-order valence-electron chi connectivity index (χ4n) is 2.40. The normalized spacial score (nSPS) is 18.1. The minimum absolute atomic E-state index is 0.0917. The summed E-state index contributed by atoms with van der Waals surface area (Å²) in [5, 5.41) is 4.52. The van der Waals surface area contributed by atoms with Crippen LogP contribution in [0.15, 0.2) is 36.4 Å². The second kappa shape index (κ2) is 4.96. The maximum Gasteiger partial charge on any atom is 0.228 e. The number of ether oxygens (including phenoxy) is 1. The van der Waals surface area contributed by atoms with Crippen LogP contribution in [0.25, 0.3) is 11.8 Å². The summed E-state index contributed by atoms with van der Waals surface area (Å²) in [5.41, 5.74) is 2.15. The largest absolute Gasteiger partial charge is 0.474 e. The van der Waals surface area contributed by atoms with E-state index in [1.54, 1.807) is 4.68 Å². The minimum Gasteiger partial charge on any atom is -0.474 e. The van der Waals surface area contributed by atoms with Crippen LogP contribution in [0.1, 0.15) is 36.3 Å². The highest BCUT2D eigenvalue weighted by molar-refractivity contribution is 6.02. The number of hydrogen-bond donors (Lipinski definition) is 0. The van der Waals surface area contributed by atoms with Crippen molar-refractivity contribution in [2.24, 2.45) is 0 Å². The first kappa shape index (κ1) is 12.7. The van der Waals surface area contributed by atoms with Crippen molar-refractivity contribution < 1.29 is 9.53 Å². The maximum atomic E-state index is 12.3. The minimum atomic E-state index is -0.118. The molecule has 0 fully saturated rings. The Bertz CT molecular complexity index is 671. The van der Waals surface area contributed by atoms with Gasteiger partial charge in [0.1, 0.15) is 17.4 Å². The van der Waals surface area contributed by atoms with E-state index in [0.29, 0.717) is 23.6 Å². The predicted octanol–water partition coefficient (Wildman–Crippen LogP) is 3.26. The van der Waals surface area contributed by atoms with Crippen LogP contribution in [0.5, 0.6) is 5.88 Å². The molecule has 1 atom stereocenters. The van der Waals surface area contributed by atoms with Gasteiger partial charge >= 0.3 is 0 Å². The highest BCUT2D eigenvalue weighted by atomic mass is 16.5. The van der Waals surface area contributed by atoms with Crippen molar-refractivity contribution in [3.63, 3.8) is 0 Å². The van der Waals surface area contributed by atoms with Crippen molar-refractivity contribution in [2.75, 3.05) is 0 Å². The molecule has 3 rings (SSSR count). The molecule has 20 heavy (non-hydrogen) atoms. The van der Waals surface area contributed by atoms with Crippen LogP contribution in [-0.2, 0) is 0 Å². The third-order valence-electron chi connectivity index (χ3n) is 3.26. The molecular weight excluding hydrogens is 252 g/mol. The van der Waals surface area contributed by atoms with Gasteiger partial charge in [0.25, 0.3) is 0 Å². The molecule has 4 heteroatoms. The van der Waals surface area contributed by atoms with E-state index in [0.717, 1.165) is 5.69 Å². The van der Waals surface area contributed by atoms with Gasteiger partial charge in [-0.1, -0.05) is 24.3 Å². The molecule has 1 aliphatic heterocycles. The lowest BCUT2D eigenvalue weighted by Gasteiger charge is -2.20. The first-order chi connectivity index (χ1) is 9.70. The number of aromatic nitrogens is 2. The average Bonchev–Trinajstić information content (AvgIpc) is 2.79. The van der Waals surface area contributed by atoms with E-state index in [-0.39, 0.29) is 11.9 Å². The lowest BCUT2D eigenvalue weighted by Crippen LogP contribution is -2.25. The molecule has 2 aromatic rings. The molecule has 4 nitrogen and oxygen atoms in total. The molecule has 1 aromatic carbocycles. The Kier molecular flexibility index (Phi) is 3.14. The SMILES string of the molecule is C/C=C/c1nn(-c2ccccc2)c2c1C(=O)C[C@@H](C)O2. The van der Waals surface area contributed by atoms with Gasteiger partial charge < -0.3 is 4.74 Å². The molecule has 0 N–H and O–H groups in total. The number of hydrogen-bond acceptors (Lipinski definition) is 3. The molecule has 2 heterocycles. The van der Waals surface area contributed by atoms with Crippen molar-refractivity contribution in [1.29, 1.82) is 0 Å². The molecule has 1 aliphatic rings. The van der Waals surface area contributed by atoms with Crippen LogP contribution in [0.3, 0.4) is 0 Å². The second-order valence-electron chi connectivity index (χ2n) is 4.87. The summed E-state index contributed by atoms with van der Waals surface area (Å²) in [6.45, 7) is 3.81. The molecule has 0 saturated heterocycles. The second-order valence-corrected chi connectivity index (χ2v) is 4.87. The van der Waals surface area contributed by atoms with Crippen LogP contribution in [-0.4, -0.2) is 21.7 Å². The topological polar surface area (TPSA) is 44.1 Å². The number of rotatable bonds is 2. The van der Waals surface area contributed by atoms with E-state index in [1.807, 2.05) is 56.3 Å². The molecule has 0 bridgehead atoms. The molecule has 0 spiro atoms. The Hall–Kier alpha value is -2.36. The average molecular weight is 268 g/mol. The molecule has 0 saturated carbocycles. The fourth-order valence-corrected chi connectivity index (χ4v) is 2.40. The number of ketones is 1. The van der Waals surface area contributed by atoms with Gasteiger partial charge in [-0.25, -0.2) is 0 Å². The van der Waals surface area contributed by atoms with Crippen LogP contribution in [0.4, 0.5) is 0 Å². The van der Waals surface area contributed by atoms with Crippen molar-refractivity contribution in [3.05, 3.63) is 47.7 Å². The van der Waals surface area contributed by atoms with E-state index < -0.39 is 0 Å². The van der Waals surface area contributed by atoms with Gasteiger partial charge in [-0.3, -0.25) is 4.79 Å². The Balaban J connectivity index is 2.22. The smallest absolute Gasteiger partial charge is 0.228 e. The molecular formula is C16H16N2O2. The number of allylic oxidation sites excluding steroid dienone is 1. The summed E-state index contributed by atoms with van der Waals surface area (Å²) in [5.74, 6) is 0.641. The molecule has 0 unspecified atom stereocenters. The number of carbonyl (C=O) groups excluding carboxylic acids is 1. The van der Waals surface area contributed by atoms with Gasteiger partial charge in [0.15, 0.2) is 5.78 Å². The summed E-state index contributed by atoms with van der Waals surface area (Å²) in [6, 6.07) is 9.71. The van der Waals surface area contributed by atoms with Gasteiger partial charge in [0.05, 0.1) is 5.69 Å². The molecule has 0 aliphatic carbocycles. The van der Waals surface area contributed by atoms with E-state index in [1.165, 1.54) is 0 Å². The zero-order valence-corrected chi connectivity index (χ0v) is 11.5. The van der Waals surface area contributed by atoms with Crippen molar-refractivity contribution >= 4 is 11.9 Å². The number of carbonyl (C=O) groups is 1. The van der Waals surface area contributed by atoms with Crippen LogP contribution < -0.4 is 4.74 Å². The lowest BCUT2D eigenvalue weighted by atomic mass is 10.0. The van der Waals surface area contributed by atoms with Crippen LogP contribution >= 0.6 is 0 Å². The Morgan fingerprint density at radius 3 is 2.80 bits per heavy atom. The molecule has 0 amide bonds. The standard InChI is InChI=1S/C16H16N2O2/c1-3-7-13-15-14(19)10-11(2)20-16(15)18(17-13)12-8-5-4-6-9-12/h3-9,11H,10H2,1-2H3/b7-3+/t11-/m1/s1. The first-order valence-electron chi connectivity index (χ1n) is 6.71. The van der Waals surface area contributed by atoms with Gasteiger partial charge in [-0.05, 0) is 32.1 Å². The Labute approximate surface area is 117 Å². The van der Waals surface area contributed by atoms with Gasteiger partial charge in [-0.15, -0.1) is 0 Å². The van der Waals surface area contributed by atoms with Gasteiger partial charge in [0, 0.05) is 6.42 Å². The summed E-state index contributed by atoms with van der Waals surface area (Å²) in [6.07, 6.45) is 4.00. The predicted molar refractivity (Wildman–Crippen MR) is 77.3 cm³/mol. The van der Waals surface area contributed by atoms with Crippen molar-refractivity contribution in [2.45, 2.75) is 26.4 Å². The number of Topliss-reactive ketones (excluding diaryl/α,β-unsaturated/α-hetero) is 1. The van der Waals surface area contributed by atoms with E-state index in [9.17, 15) is 4.79 Å². The van der Waals surface area contributed by atoms with E-state index >= 15 is 0 Å². The highest BCUT2D eigenvalue weighted by Gasteiger charge is 2.31. The third-order valence-corrected chi connectivity index (χ3v) is 3.26. The quantitative estimate of drug-likeness (QED) is 0.839. The Morgan fingerprint density at radius 2 is 2.10 bits per heavy atom. The van der Waals surface area contributed by atoms with Crippen molar-refractivity contribution in [1.82, 2.24) is 9.78 Å². The number of nitrogens with zero attached hydrogens (tertiary/aromatic N) is 2. The number of para-hydroxylation sites is 1. The number of fused-ring (bicyclic) bond motifs is 1. The summed E-state index contributed by atoms with van der Waals surface area (Å²) >= 11 is 0. The van der Waals surface area contributed by atoms with Gasteiger partial charge in [0.2, 0.25) is 5.88 Å². The van der Waals surface area contributed by atoms with E-state index in [2.05, 4.69) is 5.10 Å². The van der Waals surface area contributed by atoms with Crippen LogP contribution in [0.2, 0.25) is 0 Å². The first-order valence-corrected chi connectivity index (χ1v) is 6.71. The fraction of sp³-hybridized carbons (Fsp3) is 0.250. The summed E-state index contributed by atoms with van der Waals surface area (Å²) < 4.78 is 7.57. The zero-order chi connectivity index (χ0) is 14.1. The summed E-state index contributed by atoms with van der Waals surface area (Å²) in [4.78, 5) is 12.3. The highest BCUT2D eigenvalue weighted by Crippen LogP contribution is 2.33. The molecule has 102 valence electrons. The summed E-state index contributed by atoms with van der Waals surface area (Å²) in [7, 11) is 0. The van der Waals surface area contributed by atoms with Gasteiger partial charge in [-0.2, -0.15) is 9.78 Å². The monoisotopic (exact) mass is 268 g/mol. The molecule has 0 radical (unpaired) electrons. The molecule has 1 aromatic heterocycles. The zero-order valence-electron chi connectivity index (χ0n) is 11.5. The van der Waals surface area contributed by atoms with Crippen LogP contribution in [0, 0.1) is 0 Å². The number of benzene rings is 1. The van der Waals surface area contributed by atoms with E-state index in [4.69, 9.17) is 4.74 Å². The Morgan fingerprint density at radius 1 is 1.35 bits per heavy atom. The third kappa shape index (κ3) is 2.03. The van der Waals surface area contributed by atoms with Crippen molar-refractivity contribution in [3.8, 4) is 11.6 Å². The lowest BCUT2D eigenvalue weighted by molar-refractivity contribution is 0.0861. The maximum absolute atomic E-state index is 12.3.